The van der Waals surface area contributed by atoms with Gasteiger partial charge in [-0.05, 0) is 48.1 Å². The molecule has 1 aromatic carbocycles. The molecule has 0 saturated carbocycles. The summed E-state index contributed by atoms with van der Waals surface area (Å²) in [6, 6.07) is 9.21. The molecule has 0 N–H and O–H groups in total. The average Bonchev–Trinajstić information content (AvgIpc) is 3.24. The highest BCUT2D eigenvalue weighted by molar-refractivity contribution is 6.35. The largest absolute Gasteiger partial charge is 0.467 e. The normalized spacial score (nSPS) is 23.1. The lowest BCUT2D eigenvalue weighted by Crippen LogP contribution is -2.41. The number of rotatable bonds is 4. The zero-order valence-corrected chi connectivity index (χ0v) is 16.0. The van der Waals surface area contributed by atoms with Crippen molar-refractivity contribution in [2.45, 2.75) is 26.8 Å². The van der Waals surface area contributed by atoms with Crippen molar-refractivity contribution >= 4 is 17.4 Å². The van der Waals surface area contributed by atoms with E-state index in [2.05, 4.69) is 13.8 Å². The van der Waals surface area contributed by atoms with Gasteiger partial charge in [0, 0.05) is 13.1 Å². The van der Waals surface area contributed by atoms with Crippen molar-refractivity contribution in [2.75, 3.05) is 13.1 Å². The van der Waals surface area contributed by atoms with E-state index in [-0.39, 0.29) is 24.2 Å². The number of nitrogens with zero attached hydrogens (tertiary/aromatic N) is 2. The second-order valence-electron chi connectivity index (χ2n) is 7.86. The lowest BCUT2D eigenvalue weighted by molar-refractivity contribution is -0.138. The van der Waals surface area contributed by atoms with Crippen molar-refractivity contribution in [3.8, 4) is 0 Å². The van der Waals surface area contributed by atoms with Gasteiger partial charge in [-0.15, -0.1) is 0 Å². The maximum Gasteiger partial charge on any atom is 0.278 e. The van der Waals surface area contributed by atoms with Gasteiger partial charge in [-0.25, -0.2) is 4.39 Å². The molecule has 28 heavy (non-hydrogen) atoms. The second-order valence-corrected chi connectivity index (χ2v) is 7.86. The molecule has 2 amide bonds. The van der Waals surface area contributed by atoms with Gasteiger partial charge in [0.1, 0.15) is 17.3 Å². The third-order valence-electron chi connectivity index (χ3n) is 5.36. The smallest absolute Gasteiger partial charge is 0.278 e. The highest BCUT2D eigenvalue weighted by Gasteiger charge is 2.43. The molecule has 2 aliphatic rings. The van der Waals surface area contributed by atoms with Gasteiger partial charge >= 0.3 is 0 Å². The van der Waals surface area contributed by atoms with Crippen LogP contribution in [0.2, 0.25) is 0 Å². The molecule has 5 nitrogen and oxygen atoms in total. The van der Waals surface area contributed by atoms with Crippen LogP contribution in [-0.4, -0.2) is 34.7 Å². The Balaban J connectivity index is 1.76. The second kappa shape index (κ2) is 7.26. The molecule has 2 aliphatic heterocycles. The van der Waals surface area contributed by atoms with E-state index in [1.165, 1.54) is 23.3 Å². The molecule has 1 saturated heterocycles. The van der Waals surface area contributed by atoms with Crippen LogP contribution in [0.1, 0.15) is 31.6 Å². The van der Waals surface area contributed by atoms with Crippen molar-refractivity contribution in [3.05, 3.63) is 65.5 Å². The van der Waals surface area contributed by atoms with E-state index < -0.39 is 0 Å². The van der Waals surface area contributed by atoms with Gasteiger partial charge in [0.25, 0.3) is 11.8 Å². The topological polar surface area (TPSA) is 53.8 Å². The van der Waals surface area contributed by atoms with Crippen LogP contribution in [0.3, 0.4) is 0 Å². The van der Waals surface area contributed by atoms with Crippen molar-refractivity contribution in [1.82, 2.24) is 9.80 Å². The van der Waals surface area contributed by atoms with Crippen LogP contribution in [0, 0.1) is 17.7 Å². The first-order valence-electron chi connectivity index (χ1n) is 9.57. The molecule has 0 aliphatic carbocycles. The number of carbonyl (C=O) groups is 2. The molecule has 0 bridgehead atoms. The standard InChI is InChI=1S/C22H23FN2O3/c1-14-10-15(2)12-24(11-14)20-19(16-5-7-17(23)8-6-16)21(26)25(22(20)27)13-18-4-3-9-28-18/h3-9,14-15H,10-13H2,1-2H3. The fourth-order valence-electron chi connectivity index (χ4n) is 4.28. The first-order chi connectivity index (χ1) is 13.4. The quantitative estimate of drug-likeness (QED) is 0.757. The Morgan fingerprint density at radius 2 is 1.71 bits per heavy atom. The maximum absolute atomic E-state index is 13.4. The van der Waals surface area contributed by atoms with E-state index in [1.54, 1.807) is 24.3 Å². The summed E-state index contributed by atoms with van der Waals surface area (Å²) in [5.74, 6) is 0.327. The molecule has 1 fully saturated rings. The number of hydrogen-bond donors (Lipinski definition) is 0. The van der Waals surface area contributed by atoms with Crippen LogP contribution in [0.15, 0.2) is 52.8 Å². The Morgan fingerprint density at radius 1 is 1.04 bits per heavy atom. The van der Waals surface area contributed by atoms with Gasteiger partial charge in [-0.1, -0.05) is 26.0 Å². The molecule has 1 aromatic heterocycles. The monoisotopic (exact) mass is 382 g/mol. The van der Waals surface area contributed by atoms with Gasteiger partial charge < -0.3 is 9.32 Å². The van der Waals surface area contributed by atoms with Gasteiger partial charge in [0.05, 0.1) is 18.4 Å². The Hall–Kier alpha value is -2.89. The van der Waals surface area contributed by atoms with E-state index in [4.69, 9.17) is 4.42 Å². The van der Waals surface area contributed by atoms with Gasteiger partial charge in [-0.2, -0.15) is 0 Å². The minimum Gasteiger partial charge on any atom is -0.467 e. The molecule has 146 valence electrons. The Kier molecular flexibility index (Phi) is 4.79. The van der Waals surface area contributed by atoms with Crippen LogP contribution in [-0.2, 0) is 16.1 Å². The number of amides is 2. The summed E-state index contributed by atoms with van der Waals surface area (Å²) in [6.07, 6.45) is 2.61. The zero-order chi connectivity index (χ0) is 19.8. The third kappa shape index (κ3) is 3.35. The lowest BCUT2D eigenvalue weighted by atomic mass is 9.91. The first kappa shape index (κ1) is 18.5. The number of carbonyl (C=O) groups excluding carboxylic acids is 2. The number of likely N-dealkylation sites (tertiary alicyclic amines) is 1. The molecular weight excluding hydrogens is 359 g/mol. The molecular formula is C22H23FN2O3. The van der Waals surface area contributed by atoms with Crippen LogP contribution in [0.5, 0.6) is 0 Å². The molecule has 2 unspecified atom stereocenters. The van der Waals surface area contributed by atoms with Crippen molar-refractivity contribution in [1.29, 1.82) is 0 Å². The summed E-state index contributed by atoms with van der Waals surface area (Å²) in [6.45, 7) is 5.83. The Bertz CT molecular complexity index is 908. The fourth-order valence-corrected chi connectivity index (χ4v) is 4.28. The van der Waals surface area contributed by atoms with Crippen molar-refractivity contribution in [3.63, 3.8) is 0 Å². The van der Waals surface area contributed by atoms with Crippen LogP contribution >= 0.6 is 0 Å². The van der Waals surface area contributed by atoms with Gasteiger partial charge in [-0.3, -0.25) is 14.5 Å². The highest BCUT2D eigenvalue weighted by Crippen LogP contribution is 2.35. The fraction of sp³-hybridized carbons (Fsp3) is 0.364. The van der Waals surface area contributed by atoms with Crippen LogP contribution in [0.25, 0.3) is 5.57 Å². The number of halogens is 1. The molecule has 0 spiro atoms. The predicted molar refractivity (Wildman–Crippen MR) is 102 cm³/mol. The van der Waals surface area contributed by atoms with E-state index in [0.29, 0.717) is 34.4 Å². The zero-order valence-electron chi connectivity index (χ0n) is 16.0. The maximum atomic E-state index is 13.4. The summed E-state index contributed by atoms with van der Waals surface area (Å²) in [5.41, 5.74) is 1.32. The molecule has 6 heteroatoms. The Morgan fingerprint density at radius 3 is 2.32 bits per heavy atom. The van der Waals surface area contributed by atoms with E-state index in [1.807, 2.05) is 4.90 Å². The molecule has 2 atom stereocenters. The predicted octanol–water partition coefficient (Wildman–Crippen LogP) is 3.68. The number of furan rings is 1. The van der Waals surface area contributed by atoms with E-state index >= 15 is 0 Å². The number of benzene rings is 1. The van der Waals surface area contributed by atoms with Crippen LogP contribution in [0.4, 0.5) is 4.39 Å². The third-order valence-corrected chi connectivity index (χ3v) is 5.36. The minimum atomic E-state index is -0.379. The Labute approximate surface area is 163 Å². The summed E-state index contributed by atoms with van der Waals surface area (Å²) < 4.78 is 18.8. The number of hydrogen-bond acceptors (Lipinski definition) is 4. The van der Waals surface area contributed by atoms with Crippen LogP contribution < -0.4 is 0 Å². The van der Waals surface area contributed by atoms with E-state index in [0.717, 1.165) is 19.5 Å². The van der Waals surface area contributed by atoms with Gasteiger partial charge in [0.15, 0.2) is 0 Å². The summed E-state index contributed by atoms with van der Waals surface area (Å²) in [7, 11) is 0. The minimum absolute atomic E-state index is 0.0812. The molecule has 2 aromatic rings. The van der Waals surface area contributed by atoms with Gasteiger partial charge in [0.2, 0.25) is 0 Å². The highest BCUT2D eigenvalue weighted by atomic mass is 19.1. The number of imide groups is 1. The first-order valence-corrected chi connectivity index (χ1v) is 9.57. The molecule has 3 heterocycles. The van der Waals surface area contributed by atoms with E-state index in [9.17, 15) is 14.0 Å². The molecule has 4 rings (SSSR count). The molecule has 0 radical (unpaired) electrons. The number of piperidine rings is 1. The summed E-state index contributed by atoms with van der Waals surface area (Å²) in [4.78, 5) is 29.8. The van der Waals surface area contributed by atoms with Crippen molar-refractivity contribution < 1.29 is 18.4 Å². The summed E-state index contributed by atoms with van der Waals surface area (Å²) >= 11 is 0. The average molecular weight is 382 g/mol. The lowest BCUT2D eigenvalue weighted by Gasteiger charge is -2.37. The SMILES string of the molecule is CC1CC(C)CN(C2=C(c3ccc(F)cc3)C(=O)N(Cc3ccco3)C2=O)C1. The summed E-state index contributed by atoms with van der Waals surface area (Å²) in [5, 5.41) is 0. The van der Waals surface area contributed by atoms with Crippen molar-refractivity contribution in [2.24, 2.45) is 11.8 Å².